The van der Waals surface area contributed by atoms with Crippen LogP contribution in [0.4, 0.5) is 8.78 Å². The Hall–Kier alpha value is -1.49. The van der Waals surface area contributed by atoms with Gasteiger partial charge in [0.25, 0.3) is 0 Å². The van der Waals surface area contributed by atoms with E-state index in [1.54, 1.807) is 0 Å². The van der Waals surface area contributed by atoms with Crippen molar-refractivity contribution in [2.24, 2.45) is 5.92 Å². The second-order valence-electron chi connectivity index (χ2n) is 3.49. The Morgan fingerprint density at radius 1 is 1.50 bits per heavy atom. The number of hydrogen-bond acceptors (Lipinski definition) is 2. The fourth-order valence-corrected chi connectivity index (χ4v) is 1.06. The molecule has 0 bridgehead atoms. The summed E-state index contributed by atoms with van der Waals surface area (Å²) in [4.78, 5) is 10.4. The smallest absolute Gasteiger partial charge is 0.308 e. The maximum atomic E-state index is 13.1. The summed E-state index contributed by atoms with van der Waals surface area (Å²) in [7, 11) is 0. The highest BCUT2D eigenvalue weighted by Crippen LogP contribution is 2.11. The summed E-state index contributed by atoms with van der Waals surface area (Å²) in [5, 5.41) is 8.57. The number of halogens is 2. The second-order valence-corrected chi connectivity index (χ2v) is 3.49. The highest BCUT2D eigenvalue weighted by molar-refractivity contribution is 5.69. The van der Waals surface area contributed by atoms with E-state index >= 15 is 0 Å². The van der Waals surface area contributed by atoms with E-state index in [1.807, 2.05) is 0 Å². The Bertz CT molecular complexity index is 379. The molecule has 5 heteroatoms. The fourth-order valence-electron chi connectivity index (χ4n) is 1.06. The van der Waals surface area contributed by atoms with Crippen LogP contribution in [0.1, 0.15) is 12.5 Å². The average Bonchev–Trinajstić information content (AvgIpc) is 2.20. The minimum atomic E-state index is -0.973. The monoisotopic (exact) mass is 230 g/mol. The molecule has 1 unspecified atom stereocenters. The summed E-state index contributed by atoms with van der Waals surface area (Å²) >= 11 is 0. The van der Waals surface area contributed by atoms with Gasteiger partial charge in [0.05, 0.1) is 19.1 Å². The van der Waals surface area contributed by atoms with Crippen molar-refractivity contribution in [3.63, 3.8) is 0 Å². The largest absolute Gasteiger partial charge is 0.481 e. The van der Waals surface area contributed by atoms with Crippen molar-refractivity contribution in [1.29, 1.82) is 0 Å². The lowest BCUT2D eigenvalue weighted by Gasteiger charge is -2.08. The zero-order valence-corrected chi connectivity index (χ0v) is 8.74. The van der Waals surface area contributed by atoms with Crippen LogP contribution in [0.15, 0.2) is 18.2 Å². The number of hydrogen-bond donors (Lipinski definition) is 1. The van der Waals surface area contributed by atoms with Crippen LogP contribution >= 0.6 is 0 Å². The molecule has 0 fully saturated rings. The first-order valence-electron chi connectivity index (χ1n) is 4.75. The number of ether oxygens (including phenoxy) is 1. The van der Waals surface area contributed by atoms with E-state index in [1.165, 1.54) is 13.0 Å². The van der Waals surface area contributed by atoms with Gasteiger partial charge in [-0.2, -0.15) is 0 Å². The summed E-state index contributed by atoms with van der Waals surface area (Å²) in [6, 6.07) is 3.16. The molecular weight excluding hydrogens is 218 g/mol. The zero-order chi connectivity index (χ0) is 12.1. The van der Waals surface area contributed by atoms with Gasteiger partial charge >= 0.3 is 5.97 Å². The summed E-state index contributed by atoms with van der Waals surface area (Å²) in [5.41, 5.74) is 0.207. The van der Waals surface area contributed by atoms with E-state index in [-0.39, 0.29) is 18.8 Å². The third kappa shape index (κ3) is 3.58. The van der Waals surface area contributed by atoms with Gasteiger partial charge in [-0.3, -0.25) is 4.79 Å². The highest BCUT2D eigenvalue weighted by Gasteiger charge is 2.11. The summed E-state index contributed by atoms with van der Waals surface area (Å²) < 4.78 is 30.7. The van der Waals surface area contributed by atoms with Crippen LogP contribution in [0.25, 0.3) is 0 Å². The maximum absolute atomic E-state index is 13.1. The zero-order valence-electron chi connectivity index (χ0n) is 8.74. The number of aliphatic carboxylic acids is 1. The molecule has 1 aromatic carbocycles. The molecule has 0 radical (unpaired) electrons. The third-order valence-electron chi connectivity index (χ3n) is 2.06. The van der Waals surface area contributed by atoms with E-state index < -0.39 is 23.5 Å². The number of carboxylic acid groups (broad SMARTS) is 1. The molecule has 0 aromatic heterocycles. The minimum Gasteiger partial charge on any atom is -0.481 e. The van der Waals surface area contributed by atoms with Gasteiger partial charge in [-0.05, 0) is 13.0 Å². The van der Waals surface area contributed by atoms with E-state index in [0.29, 0.717) is 0 Å². The molecule has 88 valence electrons. The van der Waals surface area contributed by atoms with Gasteiger partial charge in [0.2, 0.25) is 0 Å². The van der Waals surface area contributed by atoms with Gasteiger partial charge in [-0.1, -0.05) is 6.07 Å². The maximum Gasteiger partial charge on any atom is 0.308 e. The van der Waals surface area contributed by atoms with E-state index in [0.717, 1.165) is 12.1 Å². The third-order valence-corrected chi connectivity index (χ3v) is 2.06. The van der Waals surface area contributed by atoms with Crippen LogP contribution in [0.5, 0.6) is 0 Å². The number of benzene rings is 1. The molecule has 0 aliphatic carbocycles. The number of rotatable bonds is 5. The molecular formula is C11H12F2O3. The first-order chi connectivity index (χ1) is 7.50. The Balaban J connectivity index is 2.46. The fraction of sp³-hybridized carbons (Fsp3) is 0.364. The van der Waals surface area contributed by atoms with Crippen molar-refractivity contribution in [3.8, 4) is 0 Å². The normalized spacial score (nSPS) is 12.4. The van der Waals surface area contributed by atoms with Crippen LogP contribution in [0, 0.1) is 17.6 Å². The lowest BCUT2D eigenvalue weighted by atomic mass is 10.2. The molecule has 1 N–H and O–H groups in total. The first-order valence-corrected chi connectivity index (χ1v) is 4.75. The quantitative estimate of drug-likeness (QED) is 0.843. The van der Waals surface area contributed by atoms with E-state index in [4.69, 9.17) is 9.84 Å². The van der Waals surface area contributed by atoms with Gasteiger partial charge in [0.15, 0.2) is 0 Å². The van der Waals surface area contributed by atoms with Crippen molar-refractivity contribution >= 4 is 5.97 Å². The average molecular weight is 230 g/mol. The molecule has 1 aromatic rings. The van der Waals surface area contributed by atoms with E-state index in [9.17, 15) is 13.6 Å². The molecule has 0 heterocycles. The standard InChI is InChI=1S/C11H12F2O3/c1-7(11(14)15)5-16-6-8-2-3-9(12)4-10(8)13/h2-4,7H,5-6H2,1H3,(H,14,15). The topological polar surface area (TPSA) is 46.5 Å². The second kappa shape index (κ2) is 5.55. The van der Waals surface area contributed by atoms with Gasteiger partial charge in [-0.15, -0.1) is 0 Å². The van der Waals surface area contributed by atoms with Crippen molar-refractivity contribution < 1.29 is 23.4 Å². The van der Waals surface area contributed by atoms with Crippen LogP contribution in [0.3, 0.4) is 0 Å². The molecule has 1 atom stereocenters. The van der Waals surface area contributed by atoms with Gasteiger partial charge in [-0.25, -0.2) is 8.78 Å². The molecule has 3 nitrogen and oxygen atoms in total. The van der Waals surface area contributed by atoms with Crippen LogP contribution < -0.4 is 0 Å². The van der Waals surface area contributed by atoms with Gasteiger partial charge in [0, 0.05) is 11.6 Å². The van der Waals surface area contributed by atoms with Crippen LogP contribution in [-0.4, -0.2) is 17.7 Å². The SMILES string of the molecule is CC(COCc1ccc(F)cc1F)C(=O)O. The van der Waals surface area contributed by atoms with Crippen molar-refractivity contribution in [3.05, 3.63) is 35.4 Å². The number of carboxylic acids is 1. The molecule has 1 rings (SSSR count). The molecule has 0 aliphatic heterocycles. The predicted molar refractivity (Wildman–Crippen MR) is 52.8 cm³/mol. The lowest BCUT2D eigenvalue weighted by molar-refractivity contribution is -0.143. The molecule has 0 aliphatic rings. The lowest BCUT2D eigenvalue weighted by Crippen LogP contribution is -2.16. The van der Waals surface area contributed by atoms with Gasteiger partial charge in [0.1, 0.15) is 11.6 Å². The Morgan fingerprint density at radius 3 is 2.75 bits per heavy atom. The summed E-state index contributed by atoms with van der Waals surface area (Å²) in [5.74, 6) is -2.97. The molecule has 16 heavy (non-hydrogen) atoms. The molecule has 0 saturated carbocycles. The Morgan fingerprint density at radius 2 is 2.19 bits per heavy atom. The van der Waals surface area contributed by atoms with Gasteiger partial charge < -0.3 is 9.84 Å². The predicted octanol–water partition coefficient (Wildman–Crippen LogP) is 2.20. The highest BCUT2D eigenvalue weighted by atomic mass is 19.1. The molecule has 0 spiro atoms. The van der Waals surface area contributed by atoms with Crippen LogP contribution in [0.2, 0.25) is 0 Å². The summed E-state index contributed by atoms with van der Waals surface area (Å²) in [6.45, 7) is 1.42. The molecule has 0 amide bonds. The molecule has 0 saturated heterocycles. The van der Waals surface area contributed by atoms with E-state index in [2.05, 4.69) is 0 Å². The van der Waals surface area contributed by atoms with Crippen molar-refractivity contribution in [2.75, 3.05) is 6.61 Å². The number of carbonyl (C=O) groups is 1. The van der Waals surface area contributed by atoms with Crippen molar-refractivity contribution in [2.45, 2.75) is 13.5 Å². The first kappa shape index (κ1) is 12.6. The van der Waals surface area contributed by atoms with Crippen molar-refractivity contribution in [1.82, 2.24) is 0 Å². The Kier molecular flexibility index (Phi) is 4.37. The van der Waals surface area contributed by atoms with Crippen LogP contribution in [-0.2, 0) is 16.1 Å². The minimum absolute atomic E-state index is 0.00779. The Labute approximate surface area is 91.7 Å². The summed E-state index contributed by atoms with van der Waals surface area (Å²) in [6.07, 6.45) is 0.